The number of nitrogens with one attached hydrogen (secondary N) is 1. The molecule has 1 fully saturated rings. The van der Waals surface area contributed by atoms with E-state index in [2.05, 4.69) is 15.2 Å². The van der Waals surface area contributed by atoms with Gasteiger partial charge in [0.2, 0.25) is 0 Å². The molecule has 0 amide bonds. The fourth-order valence-electron chi connectivity index (χ4n) is 2.38. The van der Waals surface area contributed by atoms with Gasteiger partial charge in [0.15, 0.2) is 0 Å². The number of hydrogen-bond acceptors (Lipinski definition) is 5. The van der Waals surface area contributed by atoms with Gasteiger partial charge in [-0.2, -0.15) is 0 Å². The Morgan fingerprint density at radius 2 is 2.16 bits per heavy atom. The van der Waals surface area contributed by atoms with Gasteiger partial charge in [-0.05, 0) is 19.8 Å². The van der Waals surface area contributed by atoms with Gasteiger partial charge in [-0.3, -0.25) is 4.99 Å². The van der Waals surface area contributed by atoms with Gasteiger partial charge in [0.1, 0.15) is 5.84 Å². The summed E-state index contributed by atoms with van der Waals surface area (Å²) in [6.45, 7) is 4.50. The molecule has 6 nitrogen and oxygen atoms in total. The zero-order valence-corrected chi connectivity index (χ0v) is 12.2. The van der Waals surface area contributed by atoms with E-state index in [9.17, 15) is 0 Å². The molecular formula is C13H27N5O. The predicted molar refractivity (Wildman–Crippen MR) is 78.9 cm³/mol. The number of likely N-dealkylation sites (N-methyl/N-ethyl adjacent to an activating group) is 1. The van der Waals surface area contributed by atoms with Gasteiger partial charge >= 0.3 is 0 Å². The second-order valence-corrected chi connectivity index (χ2v) is 4.63. The monoisotopic (exact) mass is 269 g/mol. The maximum absolute atomic E-state index is 6.12. The lowest BCUT2D eigenvalue weighted by Gasteiger charge is -2.26. The summed E-state index contributed by atoms with van der Waals surface area (Å²) in [5, 5.41) is 3.09. The molecule has 1 aliphatic heterocycles. The first-order chi connectivity index (χ1) is 9.17. The van der Waals surface area contributed by atoms with Crippen LogP contribution >= 0.6 is 0 Å². The molecule has 1 rings (SSSR count). The molecule has 0 spiro atoms. The molecule has 1 aliphatic rings. The van der Waals surface area contributed by atoms with Crippen LogP contribution in [0, 0.1) is 0 Å². The van der Waals surface area contributed by atoms with E-state index in [0.717, 1.165) is 44.0 Å². The number of nitrogens with zero attached hydrogens (tertiary/aromatic N) is 2. The summed E-state index contributed by atoms with van der Waals surface area (Å²) >= 11 is 0. The molecule has 5 N–H and O–H groups in total. The highest BCUT2D eigenvalue weighted by atomic mass is 16.5. The number of nitrogens with two attached hydrogens (primary N) is 2. The Bertz CT molecular complexity index is 329. The Morgan fingerprint density at radius 3 is 2.68 bits per heavy atom. The minimum atomic E-state index is 0.0813. The first-order valence-electron chi connectivity index (χ1n) is 6.85. The van der Waals surface area contributed by atoms with Crippen LogP contribution in [-0.2, 0) is 4.74 Å². The standard InChI is InChI=1S/C13H27N5O/c1-4-17-13(11(9-14)16-2)18-7-5-10(15)12(19-3)6-8-18/h9-10,12,16H,4-8,14-15H2,1-3H3/b11-9+,17-13?. The summed E-state index contributed by atoms with van der Waals surface area (Å²) < 4.78 is 5.44. The number of likely N-dealkylation sites (tertiary alicyclic amines) is 1. The SMILES string of the molecule is CCN=C(/C(=C\N)NC)N1CCC(N)C(OC)CC1. The number of aliphatic imine (C=N–C) groups is 1. The van der Waals surface area contributed by atoms with Crippen molar-refractivity contribution in [2.24, 2.45) is 16.5 Å². The van der Waals surface area contributed by atoms with Gasteiger partial charge in [-0.25, -0.2) is 0 Å². The number of methoxy groups -OCH3 is 1. The van der Waals surface area contributed by atoms with Gasteiger partial charge in [0.25, 0.3) is 0 Å². The molecule has 1 heterocycles. The molecule has 1 saturated heterocycles. The Hall–Kier alpha value is -1.27. The summed E-state index contributed by atoms with van der Waals surface area (Å²) in [5.74, 6) is 0.913. The van der Waals surface area contributed by atoms with Crippen LogP contribution in [-0.4, -0.2) is 56.7 Å². The molecule has 0 aromatic carbocycles. The summed E-state index contributed by atoms with van der Waals surface area (Å²) in [6, 6.07) is 0.0813. The average Bonchev–Trinajstić information content (AvgIpc) is 2.61. The maximum Gasteiger partial charge on any atom is 0.148 e. The van der Waals surface area contributed by atoms with Gasteiger partial charge in [-0.1, -0.05) is 0 Å². The van der Waals surface area contributed by atoms with E-state index in [4.69, 9.17) is 16.2 Å². The molecule has 2 unspecified atom stereocenters. The number of amidine groups is 1. The zero-order valence-electron chi connectivity index (χ0n) is 12.2. The quantitative estimate of drug-likeness (QED) is 0.488. The van der Waals surface area contributed by atoms with Crippen molar-refractivity contribution in [2.45, 2.75) is 31.9 Å². The topological polar surface area (TPSA) is 88.9 Å². The third-order valence-electron chi connectivity index (χ3n) is 3.48. The molecular weight excluding hydrogens is 242 g/mol. The first kappa shape index (κ1) is 15.8. The average molecular weight is 269 g/mol. The smallest absolute Gasteiger partial charge is 0.148 e. The van der Waals surface area contributed by atoms with E-state index < -0.39 is 0 Å². The fourth-order valence-corrected chi connectivity index (χ4v) is 2.38. The van der Waals surface area contributed by atoms with Crippen molar-refractivity contribution in [3.63, 3.8) is 0 Å². The van der Waals surface area contributed by atoms with E-state index in [0.29, 0.717) is 0 Å². The Balaban J connectivity index is 2.84. The second kappa shape index (κ2) is 8.01. The van der Waals surface area contributed by atoms with E-state index in [1.165, 1.54) is 0 Å². The summed E-state index contributed by atoms with van der Waals surface area (Å²) in [5.41, 5.74) is 12.6. The molecule has 0 bridgehead atoms. The van der Waals surface area contributed by atoms with Gasteiger partial charge in [0, 0.05) is 46.0 Å². The summed E-state index contributed by atoms with van der Waals surface area (Å²) in [6.07, 6.45) is 3.48. The minimum Gasteiger partial charge on any atom is -0.403 e. The Kier molecular flexibility index (Phi) is 6.66. The zero-order chi connectivity index (χ0) is 14.3. The van der Waals surface area contributed by atoms with Gasteiger partial charge in [-0.15, -0.1) is 0 Å². The van der Waals surface area contributed by atoms with Crippen molar-refractivity contribution in [1.82, 2.24) is 10.2 Å². The fraction of sp³-hybridized carbons (Fsp3) is 0.769. The van der Waals surface area contributed by atoms with Crippen molar-refractivity contribution in [1.29, 1.82) is 0 Å². The lowest BCUT2D eigenvalue weighted by Crippen LogP contribution is -2.37. The van der Waals surface area contributed by atoms with Crippen LogP contribution in [0.15, 0.2) is 16.9 Å². The van der Waals surface area contributed by atoms with Crippen molar-refractivity contribution in [2.75, 3.05) is 33.8 Å². The molecule has 110 valence electrons. The van der Waals surface area contributed by atoms with Crippen LogP contribution in [0.1, 0.15) is 19.8 Å². The summed E-state index contributed by atoms with van der Waals surface area (Å²) in [4.78, 5) is 6.79. The molecule has 0 aromatic rings. The van der Waals surface area contributed by atoms with Crippen LogP contribution < -0.4 is 16.8 Å². The predicted octanol–water partition coefficient (Wildman–Crippen LogP) is -0.138. The van der Waals surface area contributed by atoms with Crippen LogP contribution in [0.3, 0.4) is 0 Å². The van der Waals surface area contributed by atoms with Gasteiger partial charge < -0.3 is 26.4 Å². The van der Waals surface area contributed by atoms with Crippen LogP contribution in [0.4, 0.5) is 0 Å². The first-order valence-corrected chi connectivity index (χ1v) is 6.85. The van der Waals surface area contributed by atoms with Gasteiger partial charge in [0.05, 0.1) is 11.8 Å². The van der Waals surface area contributed by atoms with Crippen molar-refractivity contribution >= 4 is 5.84 Å². The molecule has 19 heavy (non-hydrogen) atoms. The minimum absolute atomic E-state index is 0.0813. The number of ether oxygens (including phenoxy) is 1. The molecule has 6 heteroatoms. The lowest BCUT2D eigenvalue weighted by molar-refractivity contribution is 0.0769. The molecule has 2 atom stereocenters. The third kappa shape index (κ3) is 4.11. The van der Waals surface area contributed by atoms with Crippen LogP contribution in [0.5, 0.6) is 0 Å². The van der Waals surface area contributed by atoms with E-state index in [1.807, 2.05) is 14.0 Å². The highest BCUT2D eigenvalue weighted by molar-refractivity contribution is 5.97. The molecule has 0 radical (unpaired) electrons. The summed E-state index contributed by atoms with van der Waals surface area (Å²) in [7, 11) is 3.57. The van der Waals surface area contributed by atoms with E-state index in [-0.39, 0.29) is 12.1 Å². The van der Waals surface area contributed by atoms with Crippen molar-refractivity contribution in [3.05, 3.63) is 11.9 Å². The second-order valence-electron chi connectivity index (χ2n) is 4.63. The molecule has 0 aromatic heterocycles. The van der Waals surface area contributed by atoms with E-state index in [1.54, 1.807) is 13.3 Å². The number of rotatable bonds is 4. The van der Waals surface area contributed by atoms with Crippen LogP contribution in [0.2, 0.25) is 0 Å². The highest BCUT2D eigenvalue weighted by Crippen LogP contribution is 2.15. The van der Waals surface area contributed by atoms with E-state index >= 15 is 0 Å². The van der Waals surface area contributed by atoms with Crippen LogP contribution in [0.25, 0.3) is 0 Å². The number of hydrogen-bond donors (Lipinski definition) is 3. The molecule has 0 aliphatic carbocycles. The van der Waals surface area contributed by atoms with Crippen molar-refractivity contribution < 1.29 is 4.74 Å². The normalized spacial score (nSPS) is 26.2. The van der Waals surface area contributed by atoms with Crippen molar-refractivity contribution in [3.8, 4) is 0 Å². The Labute approximate surface area is 115 Å². The maximum atomic E-state index is 6.12. The Morgan fingerprint density at radius 1 is 1.47 bits per heavy atom. The highest BCUT2D eigenvalue weighted by Gasteiger charge is 2.25. The third-order valence-corrected chi connectivity index (χ3v) is 3.48. The largest absolute Gasteiger partial charge is 0.403 e. The molecule has 0 saturated carbocycles. The lowest BCUT2D eigenvalue weighted by atomic mass is 10.1.